The van der Waals surface area contributed by atoms with E-state index in [2.05, 4.69) is 57.8 Å². The Morgan fingerprint density at radius 3 is 2.81 bits per heavy atom. The molecule has 27 heavy (non-hydrogen) atoms. The Morgan fingerprint density at radius 1 is 1.22 bits per heavy atom. The minimum atomic E-state index is -0.368. The van der Waals surface area contributed by atoms with Gasteiger partial charge in [0.15, 0.2) is 6.61 Å². The molecule has 0 unspecified atom stereocenters. The monoisotopic (exact) mass is 427 g/mol. The van der Waals surface area contributed by atoms with Crippen LogP contribution in [0.15, 0.2) is 40.9 Å². The maximum absolute atomic E-state index is 11.5. The van der Waals surface area contributed by atoms with Crippen molar-refractivity contribution in [2.24, 2.45) is 0 Å². The van der Waals surface area contributed by atoms with Crippen LogP contribution in [0.3, 0.4) is 0 Å². The number of nitrogens with zero attached hydrogens (tertiary/aromatic N) is 1. The number of aromatic nitrogens is 1. The van der Waals surface area contributed by atoms with E-state index in [0.717, 1.165) is 41.4 Å². The van der Waals surface area contributed by atoms with E-state index in [9.17, 15) is 4.79 Å². The Labute approximate surface area is 167 Å². The fourth-order valence-corrected chi connectivity index (χ4v) is 4.35. The molecule has 0 fully saturated rings. The second-order valence-electron chi connectivity index (χ2n) is 6.96. The zero-order valence-electron chi connectivity index (χ0n) is 15.5. The number of carbonyl (C=O) groups excluding carboxylic acids is 1. The molecule has 0 spiro atoms. The highest BCUT2D eigenvalue weighted by atomic mass is 79.9. The molecule has 2 aromatic carbocycles. The quantitative estimate of drug-likeness (QED) is 0.548. The molecule has 0 atom stereocenters. The fraction of sp³-hybridized carbons (Fsp3) is 0.318. The zero-order valence-corrected chi connectivity index (χ0v) is 17.1. The van der Waals surface area contributed by atoms with Crippen LogP contribution in [0, 0.1) is 6.92 Å². The number of carbonyl (C=O) groups is 1. The highest BCUT2D eigenvalue weighted by Crippen LogP contribution is 2.39. The maximum atomic E-state index is 11.5. The molecule has 1 aromatic heterocycles. The number of hydrogen-bond acceptors (Lipinski definition) is 3. The van der Waals surface area contributed by atoms with E-state index >= 15 is 0 Å². The van der Waals surface area contributed by atoms with Crippen molar-refractivity contribution < 1.29 is 14.3 Å². The second kappa shape index (κ2) is 7.39. The van der Waals surface area contributed by atoms with Gasteiger partial charge in [-0.2, -0.15) is 0 Å². The molecule has 140 valence electrons. The Bertz CT molecular complexity index is 1020. The summed E-state index contributed by atoms with van der Waals surface area (Å²) in [5.41, 5.74) is 6.40. The van der Waals surface area contributed by atoms with Gasteiger partial charge in [0.2, 0.25) is 0 Å². The number of benzene rings is 2. The lowest BCUT2D eigenvalue weighted by Crippen LogP contribution is -2.13. The molecular formula is C22H22BrNO3. The van der Waals surface area contributed by atoms with Crippen molar-refractivity contribution in [2.75, 3.05) is 13.7 Å². The van der Waals surface area contributed by atoms with E-state index < -0.39 is 0 Å². The van der Waals surface area contributed by atoms with Crippen molar-refractivity contribution in [3.63, 3.8) is 0 Å². The van der Waals surface area contributed by atoms with E-state index in [1.807, 2.05) is 6.07 Å². The van der Waals surface area contributed by atoms with Gasteiger partial charge in [-0.15, -0.1) is 0 Å². The van der Waals surface area contributed by atoms with Crippen molar-refractivity contribution in [3.8, 4) is 5.75 Å². The van der Waals surface area contributed by atoms with E-state index in [1.54, 1.807) is 0 Å². The number of aryl methyl sites for hydroxylation is 3. The molecule has 3 aromatic rings. The van der Waals surface area contributed by atoms with Gasteiger partial charge in [-0.05, 0) is 61.1 Å². The van der Waals surface area contributed by atoms with Crippen LogP contribution < -0.4 is 4.74 Å². The van der Waals surface area contributed by atoms with Crippen LogP contribution in [0.2, 0.25) is 0 Å². The van der Waals surface area contributed by atoms with Gasteiger partial charge in [0, 0.05) is 22.1 Å². The van der Waals surface area contributed by atoms with E-state index in [-0.39, 0.29) is 12.6 Å². The molecule has 5 heteroatoms. The largest absolute Gasteiger partial charge is 0.481 e. The van der Waals surface area contributed by atoms with Gasteiger partial charge in [-0.1, -0.05) is 34.1 Å². The first-order valence-corrected chi connectivity index (χ1v) is 9.95. The normalized spacial score (nSPS) is 13.0. The molecular weight excluding hydrogens is 406 g/mol. The number of halogens is 1. The van der Waals surface area contributed by atoms with Crippen molar-refractivity contribution in [2.45, 2.75) is 32.7 Å². The molecule has 0 saturated heterocycles. The van der Waals surface area contributed by atoms with Gasteiger partial charge in [0.25, 0.3) is 0 Å². The lowest BCUT2D eigenvalue weighted by molar-refractivity contribution is -0.142. The highest BCUT2D eigenvalue weighted by molar-refractivity contribution is 9.10. The SMILES string of the molecule is COC(=O)COc1cc2c(c3c1cc(C)n3Cc1ccccc1Br)CCC2. The fourth-order valence-electron chi connectivity index (χ4n) is 3.94. The predicted octanol–water partition coefficient (Wildman–Crippen LogP) is 4.80. The van der Waals surface area contributed by atoms with Crippen LogP contribution in [0.5, 0.6) is 5.75 Å². The molecule has 0 saturated carbocycles. The highest BCUT2D eigenvalue weighted by Gasteiger charge is 2.22. The van der Waals surface area contributed by atoms with E-state index in [1.165, 1.54) is 35.0 Å². The van der Waals surface area contributed by atoms with Crippen molar-refractivity contribution in [1.29, 1.82) is 0 Å². The molecule has 4 rings (SSSR count). The van der Waals surface area contributed by atoms with Gasteiger partial charge >= 0.3 is 5.97 Å². The molecule has 0 amide bonds. The smallest absolute Gasteiger partial charge is 0.343 e. The summed E-state index contributed by atoms with van der Waals surface area (Å²) in [5.74, 6) is 0.401. The molecule has 0 bridgehead atoms. The number of rotatable bonds is 5. The number of ether oxygens (including phenoxy) is 2. The molecule has 4 nitrogen and oxygen atoms in total. The summed E-state index contributed by atoms with van der Waals surface area (Å²) in [4.78, 5) is 11.5. The average molecular weight is 428 g/mol. The molecule has 0 radical (unpaired) electrons. The Balaban J connectivity index is 1.83. The zero-order chi connectivity index (χ0) is 19.0. The van der Waals surface area contributed by atoms with Gasteiger partial charge < -0.3 is 14.0 Å². The molecule has 0 aliphatic heterocycles. The second-order valence-corrected chi connectivity index (χ2v) is 7.81. The van der Waals surface area contributed by atoms with E-state index in [4.69, 9.17) is 9.47 Å². The third kappa shape index (κ3) is 3.36. The van der Waals surface area contributed by atoms with Crippen LogP contribution in [0.1, 0.15) is 28.8 Å². The van der Waals surface area contributed by atoms with Crippen molar-refractivity contribution in [3.05, 3.63) is 63.3 Å². The molecule has 1 aliphatic rings. The van der Waals surface area contributed by atoms with E-state index in [0.29, 0.717) is 0 Å². The van der Waals surface area contributed by atoms with Gasteiger partial charge in [-0.3, -0.25) is 0 Å². The number of hydrogen-bond donors (Lipinski definition) is 0. The first kappa shape index (κ1) is 18.1. The summed E-state index contributed by atoms with van der Waals surface area (Å²) in [6.07, 6.45) is 3.30. The summed E-state index contributed by atoms with van der Waals surface area (Å²) in [7, 11) is 1.38. The number of methoxy groups -OCH3 is 1. The minimum absolute atomic E-state index is 0.0706. The number of fused-ring (bicyclic) bond motifs is 3. The van der Waals surface area contributed by atoms with Crippen LogP contribution in [0.25, 0.3) is 10.9 Å². The van der Waals surface area contributed by atoms with Gasteiger partial charge in [0.1, 0.15) is 5.75 Å². The number of esters is 1. The first-order chi connectivity index (χ1) is 13.1. The molecule has 0 N–H and O–H groups in total. The Kier molecular flexibility index (Phi) is 4.96. The average Bonchev–Trinajstić information content (AvgIpc) is 3.25. The van der Waals surface area contributed by atoms with Crippen molar-refractivity contribution >= 4 is 32.8 Å². The third-order valence-corrected chi connectivity index (χ3v) is 6.05. The lowest BCUT2D eigenvalue weighted by atomic mass is 10.1. The summed E-state index contributed by atoms with van der Waals surface area (Å²) < 4.78 is 14.0. The van der Waals surface area contributed by atoms with Gasteiger partial charge in [-0.25, -0.2) is 4.79 Å². The summed E-state index contributed by atoms with van der Waals surface area (Å²) in [6, 6.07) is 12.6. The standard InChI is InChI=1S/C22H22BrNO3/c1-14-10-18-20(27-13-21(25)26-2)11-15-7-5-8-17(15)22(18)24(14)12-16-6-3-4-9-19(16)23/h3-4,6,9-11H,5,7-8,12-13H2,1-2H3. The Hall–Kier alpha value is -2.27. The minimum Gasteiger partial charge on any atom is -0.481 e. The van der Waals surface area contributed by atoms with Crippen molar-refractivity contribution in [1.82, 2.24) is 4.57 Å². The van der Waals surface area contributed by atoms with Crippen LogP contribution in [0.4, 0.5) is 0 Å². The maximum Gasteiger partial charge on any atom is 0.343 e. The van der Waals surface area contributed by atoms with Crippen LogP contribution in [-0.4, -0.2) is 24.3 Å². The predicted molar refractivity (Wildman–Crippen MR) is 109 cm³/mol. The lowest BCUT2D eigenvalue weighted by Gasteiger charge is -2.15. The molecule has 1 aliphatic carbocycles. The molecule has 1 heterocycles. The van der Waals surface area contributed by atoms with Crippen LogP contribution >= 0.6 is 15.9 Å². The Morgan fingerprint density at radius 2 is 2.04 bits per heavy atom. The summed E-state index contributed by atoms with van der Waals surface area (Å²) in [5, 5.41) is 1.07. The topological polar surface area (TPSA) is 40.5 Å². The van der Waals surface area contributed by atoms with Crippen LogP contribution in [-0.2, 0) is 28.9 Å². The summed E-state index contributed by atoms with van der Waals surface area (Å²) in [6.45, 7) is 2.85. The first-order valence-electron chi connectivity index (χ1n) is 9.16. The summed E-state index contributed by atoms with van der Waals surface area (Å²) >= 11 is 3.67. The third-order valence-electron chi connectivity index (χ3n) is 5.28. The van der Waals surface area contributed by atoms with Gasteiger partial charge in [0.05, 0.1) is 12.6 Å².